The first-order valence-corrected chi connectivity index (χ1v) is 12.3. The largest absolute Gasteiger partial charge is 0.391 e. The average molecular weight is 514 g/mol. The summed E-state index contributed by atoms with van der Waals surface area (Å²) in [7, 11) is 1.63. The van der Waals surface area contributed by atoms with E-state index >= 15 is 0 Å². The molecule has 3 atom stereocenters. The maximum atomic E-state index is 12.6. The van der Waals surface area contributed by atoms with Crippen LogP contribution in [0.1, 0.15) is 18.4 Å². The number of likely N-dealkylation sites (tertiary alicyclic amines) is 1. The lowest BCUT2D eigenvalue weighted by molar-refractivity contribution is -0.132. The number of aliphatic hydroxyl groups is 2. The van der Waals surface area contributed by atoms with Crippen molar-refractivity contribution in [3.63, 3.8) is 0 Å². The van der Waals surface area contributed by atoms with Crippen LogP contribution in [-0.2, 0) is 14.3 Å². The number of rotatable bonds is 8. The van der Waals surface area contributed by atoms with E-state index < -0.39 is 12.2 Å². The van der Waals surface area contributed by atoms with Crippen molar-refractivity contribution in [2.75, 3.05) is 59.5 Å². The number of benzene rings is 1. The maximum absolute atomic E-state index is 12.6. The number of halogens is 2. The Morgan fingerprint density at radius 3 is 2.71 bits per heavy atom. The summed E-state index contributed by atoms with van der Waals surface area (Å²) in [4.78, 5) is 30.5. The first-order chi connectivity index (χ1) is 16.3. The molecule has 0 unspecified atom stereocenters. The molecule has 10 heteroatoms. The Hall–Kier alpha value is -1.68. The molecule has 3 rings (SSSR count). The summed E-state index contributed by atoms with van der Waals surface area (Å²) in [5.41, 5.74) is 0.759. The zero-order valence-electron chi connectivity index (χ0n) is 19.4. The van der Waals surface area contributed by atoms with Crippen molar-refractivity contribution in [2.24, 2.45) is 5.92 Å². The summed E-state index contributed by atoms with van der Waals surface area (Å²) in [6.45, 7) is 3.44. The topological polar surface area (TPSA) is 93.6 Å². The zero-order chi connectivity index (χ0) is 24.7. The lowest BCUT2D eigenvalue weighted by Crippen LogP contribution is -2.50. The first-order valence-electron chi connectivity index (χ1n) is 11.5. The van der Waals surface area contributed by atoms with E-state index in [0.717, 1.165) is 18.5 Å². The van der Waals surface area contributed by atoms with E-state index in [9.17, 15) is 19.8 Å². The summed E-state index contributed by atoms with van der Waals surface area (Å²) >= 11 is 11.9. The number of nitrogens with zero attached hydrogens (tertiary/aromatic N) is 3. The van der Waals surface area contributed by atoms with Gasteiger partial charge in [-0.2, -0.15) is 0 Å². The summed E-state index contributed by atoms with van der Waals surface area (Å²) in [5.74, 6) is -0.157. The number of hydrogen-bond donors (Lipinski definition) is 2. The van der Waals surface area contributed by atoms with Crippen LogP contribution in [0.3, 0.4) is 0 Å². The van der Waals surface area contributed by atoms with Gasteiger partial charge in [0.2, 0.25) is 11.8 Å². The molecule has 0 saturated carbocycles. The molecule has 1 aromatic carbocycles. The van der Waals surface area contributed by atoms with Gasteiger partial charge in [-0.3, -0.25) is 14.5 Å². The SMILES string of the molecule is COC[C@H]1CCN(C[C@H](O)CN2CCN(C(=O)/C=C/c3ccc(Cl)c(Cl)c3)CCC2=O)C[C@H]1O. The van der Waals surface area contributed by atoms with Crippen LogP contribution in [0.5, 0.6) is 0 Å². The predicted molar refractivity (Wildman–Crippen MR) is 132 cm³/mol. The number of β-amino-alcohol motifs (C(OH)–C–C–N with tert-alkyl or cyclic N) is 2. The fourth-order valence-electron chi connectivity index (χ4n) is 4.40. The summed E-state index contributed by atoms with van der Waals surface area (Å²) in [5, 5.41) is 21.7. The highest BCUT2D eigenvalue weighted by Crippen LogP contribution is 2.23. The molecule has 34 heavy (non-hydrogen) atoms. The van der Waals surface area contributed by atoms with Gasteiger partial charge in [0.25, 0.3) is 0 Å². The van der Waals surface area contributed by atoms with E-state index in [1.807, 2.05) is 4.90 Å². The Balaban J connectivity index is 1.47. The third-order valence-corrected chi connectivity index (χ3v) is 7.09. The Bertz CT molecular complexity index is 884. The minimum absolute atomic E-state index is 0.0818. The van der Waals surface area contributed by atoms with E-state index in [1.165, 1.54) is 6.08 Å². The number of ether oxygens (including phenoxy) is 1. The highest BCUT2D eigenvalue weighted by molar-refractivity contribution is 6.42. The number of methoxy groups -OCH3 is 1. The Morgan fingerprint density at radius 1 is 1.21 bits per heavy atom. The van der Waals surface area contributed by atoms with Gasteiger partial charge >= 0.3 is 0 Å². The minimum Gasteiger partial charge on any atom is -0.391 e. The molecule has 0 aromatic heterocycles. The van der Waals surface area contributed by atoms with Crippen molar-refractivity contribution < 1.29 is 24.5 Å². The molecule has 188 valence electrons. The molecule has 8 nitrogen and oxygen atoms in total. The third kappa shape index (κ3) is 7.66. The number of aliphatic hydroxyl groups excluding tert-OH is 2. The minimum atomic E-state index is -0.730. The van der Waals surface area contributed by atoms with Crippen LogP contribution in [-0.4, -0.2) is 108 Å². The van der Waals surface area contributed by atoms with Gasteiger partial charge in [-0.05, 0) is 36.7 Å². The Kier molecular flexibility index (Phi) is 10.2. The second-order valence-corrected chi connectivity index (χ2v) is 9.72. The van der Waals surface area contributed by atoms with E-state index in [0.29, 0.717) is 49.4 Å². The van der Waals surface area contributed by atoms with Crippen LogP contribution >= 0.6 is 23.2 Å². The highest BCUT2D eigenvalue weighted by atomic mass is 35.5. The van der Waals surface area contributed by atoms with Gasteiger partial charge < -0.3 is 24.7 Å². The van der Waals surface area contributed by atoms with Gasteiger partial charge in [-0.25, -0.2) is 0 Å². The molecule has 2 heterocycles. The van der Waals surface area contributed by atoms with Gasteiger partial charge in [-0.15, -0.1) is 0 Å². The van der Waals surface area contributed by atoms with E-state index in [1.54, 1.807) is 41.2 Å². The van der Waals surface area contributed by atoms with Gasteiger partial charge in [0.15, 0.2) is 0 Å². The Labute approximate surface area is 210 Å². The molecule has 2 aliphatic rings. The lowest BCUT2D eigenvalue weighted by Gasteiger charge is -2.37. The van der Waals surface area contributed by atoms with Crippen LogP contribution in [0.25, 0.3) is 6.08 Å². The van der Waals surface area contributed by atoms with Crippen LogP contribution in [0.4, 0.5) is 0 Å². The smallest absolute Gasteiger partial charge is 0.246 e. The third-order valence-electron chi connectivity index (χ3n) is 6.35. The molecule has 2 fully saturated rings. The molecule has 0 aliphatic carbocycles. The molecule has 0 bridgehead atoms. The van der Waals surface area contributed by atoms with Crippen LogP contribution < -0.4 is 0 Å². The fourth-order valence-corrected chi connectivity index (χ4v) is 4.71. The van der Waals surface area contributed by atoms with Gasteiger partial charge in [0, 0.05) is 64.8 Å². The van der Waals surface area contributed by atoms with Crippen molar-refractivity contribution in [1.29, 1.82) is 0 Å². The zero-order valence-corrected chi connectivity index (χ0v) is 20.9. The molecule has 2 amide bonds. The van der Waals surface area contributed by atoms with Gasteiger partial charge in [0.1, 0.15) is 0 Å². The Morgan fingerprint density at radius 2 is 2.00 bits per heavy atom. The van der Waals surface area contributed by atoms with Crippen LogP contribution in [0.15, 0.2) is 24.3 Å². The number of hydrogen-bond acceptors (Lipinski definition) is 6. The van der Waals surface area contributed by atoms with E-state index in [4.69, 9.17) is 27.9 Å². The molecule has 0 spiro atoms. The maximum Gasteiger partial charge on any atom is 0.246 e. The van der Waals surface area contributed by atoms with Crippen molar-refractivity contribution in [2.45, 2.75) is 25.0 Å². The van der Waals surface area contributed by atoms with E-state index in [2.05, 4.69) is 0 Å². The number of carbonyl (C=O) groups is 2. The molecular weight excluding hydrogens is 481 g/mol. The van der Waals surface area contributed by atoms with Gasteiger partial charge in [-0.1, -0.05) is 29.3 Å². The molecular formula is C24H33Cl2N3O5. The van der Waals surface area contributed by atoms with Gasteiger partial charge in [0.05, 0.1) is 28.9 Å². The lowest BCUT2D eigenvalue weighted by atomic mass is 9.94. The molecule has 0 radical (unpaired) electrons. The second-order valence-electron chi connectivity index (χ2n) is 8.91. The van der Waals surface area contributed by atoms with Crippen LogP contribution in [0.2, 0.25) is 10.0 Å². The normalized spacial score (nSPS) is 23.4. The number of carbonyl (C=O) groups excluding carboxylic acids is 2. The molecule has 2 aliphatic heterocycles. The first kappa shape index (κ1) is 26.9. The molecule has 1 aromatic rings. The van der Waals surface area contributed by atoms with Crippen molar-refractivity contribution >= 4 is 41.1 Å². The monoisotopic (exact) mass is 513 g/mol. The average Bonchev–Trinajstić information content (AvgIpc) is 2.98. The predicted octanol–water partition coefficient (Wildman–Crippen LogP) is 1.76. The fraction of sp³-hybridized carbons (Fsp3) is 0.583. The summed E-state index contributed by atoms with van der Waals surface area (Å²) in [6.07, 6.45) is 2.93. The number of amides is 2. The van der Waals surface area contributed by atoms with Crippen LogP contribution in [0, 0.1) is 5.92 Å². The standard InChI is InChI=1S/C24H33Cl2N3O5/c1-34-16-18-6-8-27(15-22(18)31)13-19(30)14-29-11-10-28(9-7-24(29)33)23(32)5-3-17-2-4-20(25)21(26)12-17/h2-5,12,18-19,22,30-31H,6-11,13-16H2,1H3/b5-3+/t18-,19+,22-/m1/s1. The highest BCUT2D eigenvalue weighted by Gasteiger charge is 2.30. The second kappa shape index (κ2) is 12.9. The quantitative estimate of drug-likeness (QED) is 0.514. The van der Waals surface area contributed by atoms with Crippen molar-refractivity contribution in [3.05, 3.63) is 39.9 Å². The molecule has 2 N–H and O–H groups in total. The number of piperidine rings is 1. The summed E-state index contributed by atoms with van der Waals surface area (Å²) in [6, 6.07) is 5.12. The van der Waals surface area contributed by atoms with E-state index in [-0.39, 0.29) is 30.7 Å². The van der Waals surface area contributed by atoms with Crippen molar-refractivity contribution in [3.8, 4) is 0 Å². The van der Waals surface area contributed by atoms with Crippen molar-refractivity contribution in [1.82, 2.24) is 14.7 Å². The molecule has 2 saturated heterocycles. The summed E-state index contributed by atoms with van der Waals surface area (Å²) < 4.78 is 5.15.